The number of aromatic nitrogens is 3. The van der Waals surface area contributed by atoms with Crippen LogP contribution in [0.15, 0.2) is 54.7 Å². The first-order chi connectivity index (χ1) is 11.6. The summed E-state index contributed by atoms with van der Waals surface area (Å²) in [5.74, 6) is 2.50. The average Bonchev–Trinajstić information content (AvgIpc) is 3.06. The van der Waals surface area contributed by atoms with Crippen molar-refractivity contribution in [1.29, 1.82) is 0 Å². The van der Waals surface area contributed by atoms with Crippen LogP contribution in [0.2, 0.25) is 0 Å². The van der Waals surface area contributed by atoms with Gasteiger partial charge in [-0.15, -0.1) is 11.5 Å². The van der Waals surface area contributed by atoms with E-state index in [4.69, 9.17) is 17.9 Å². The van der Waals surface area contributed by atoms with Gasteiger partial charge in [-0.1, -0.05) is 23.3 Å². The number of terminal acetylenes is 1. The second-order valence-corrected chi connectivity index (χ2v) is 4.94. The maximum absolute atomic E-state index is 12.0. The summed E-state index contributed by atoms with van der Waals surface area (Å²) in [5.41, 5.74) is 14.9. The van der Waals surface area contributed by atoms with E-state index in [-0.39, 0.29) is 6.54 Å². The van der Waals surface area contributed by atoms with Gasteiger partial charge in [-0.25, -0.2) is 9.07 Å². The lowest BCUT2D eigenvalue weighted by Gasteiger charge is -1.96. The molecule has 0 aliphatic rings. The predicted octanol–water partition coefficient (Wildman–Crippen LogP) is 2.75. The predicted molar refractivity (Wildman–Crippen MR) is 94.6 cm³/mol. The molecule has 0 saturated carbocycles. The zero-order chi connectivity index (χ0) is 17.4. The molecule has 5 nitrogen and oxygen atoms in total. The number of hydrogen-bond donors (Lipinski definition) is 2. The molecule has 4 N–H and O–H groups in total. The van der Waals surface area contributed by atoms with E-state index in [9.17, 15) is 4.39 Å². The molecule has 0 aliphatic heterocycles. The van der Waals surface area contributed by atoms with Gasteiger partial charge in [0.2, 0.25) is 0 Å². The van der Waals surface area contributed by atoms with Crippen LogP contribution in [-0.4, -0.2) is 21.7 Å². The molecule has 0 unspecified atom stereocenters. The molecule has 0 fully saturated rings. The molecule has 1 heterocycles. The molecular formula is C18H18FN5. The molecule has 0 saturated heterocycles. The number of rotatable bonds is 3. The van der Waals surface area contributed by atoms with Crippen LogP contribution in [0.25, 0.3) is 11.3 Å². The molecule has 1 aromatic heterocycles. The number of aryl methyl sites for hydroxylation is 1. The molecule has 0 atom stereocenters. The van der Waals surface area contributed by atoms with Crippen molar-refractivity contribution < 1.29 is 4.39 Å². The third-order valence-corrected chi connectivity index (χ3v) is 3.14. The van der Waals surface area contributed by atoms with E-state index in [1.54, 1.807) is 30.5 Å². The highest BCUT2D eigenvalue weighted by Gasteiger charge is 2.02. The zero-order valence-electron chi connectivity index (χ0n) is 13.1. The molecule has 2 aromatic carbocycles. The van der Waals surface area contributed by atoms with Gasteiger partial charge in [0.1, 0.15) is 12.4 Å². The van der Waals surface area contributed by atoms with Crippen molar-refractivity contribution in [2.75, 3.05) is 18.1 Å². The Kier molecular flexibility index (Phi) is 5.92. The van der Waals surface area contributed by atoms with E-state index < -0.39 is 6.67 Å². The summed E-state index contributed by atoms with van der Waals surface area (Å²) in [5, 5.41) is 7.74. The minimum atomic E-state index is -0.440. The molecule has 24 heavy (non-hydrogen) atoms. The van der Waals surface area contributed by atoms with E-state index in [2.05, 4.69) is 16.2 Å². The fraction of sp³-hybridized carbons (Fsp3) is 0.111. The molecule has 0 aliphatic carbocycles. The monoisotopic (exact) mass is 323 g/mol. The smallest absolute Gasteiger partial charge is 0.113 e. The number of nitrogen functional groups attached to an aromatic ring is 2. The Hall–Kier alpha value is -3.33. The van der Waals surface area contributed by atoms with Gasteiger partial charge in [0.15, 0.2) is 0 Å². The Morgan fingerprint density at radius 3 is 2.12 bits per heavy atom. The Morgan fingerprint density at radius 1 is 1.00 bits per heavy atom. The Morgan fingerprint density at radius 2 is 1.58 bits per heavy atom. The second-order valence-electron chi connectivity index (χ2n) is 4.94. The normalized spacial score (nSPS) is 9.67. The van der Waals surface area contributed by atoms with Gasteiger partial charge in [-0.2, -0.15) is 0 Å². The summed E-state index contributed by atoms with van der Waals surface area (Å²) in [4.78, 5) is 0. The van der Waals surface area contributed by atoms with E-state index >= 15 is 0 Å². The number of hydrogen-bond acceptors (Lipinski definition) is 4. The standard InChI is InChI=1S/C10H11FN4.C8H7N/c11-5-6-15-7-10(13-14-15)8-1-3-9(12)4-2-8;1-2-7-3-5-8(9)6-4-7/h1-4,7H,5-6,12H2;1,3-6H,9H2. The van der Waals surface area contributed by atoms with Crippen LogP contribution in [-0.2, 0) is 6.54 Å². The fourth-order valence-corrected chi connectivity index (χ4v) is 1.86. The van der Waals surface area contributed by atoms with E-state index in [0.717, 1.165) is 22.5 Å². The highest BCUT2D eigenvalue weighted by Crippen LogP contribution is 2.17. The van der Waals surface area contributed by atoms with E-state index in [0.29, 0.717) is 5.69 Å². The van der Waals surface area contributed by atoms with Crippen molar-refractivity contribution in [3.63, 3.8) is 0 Å². The minimum Gasteiger partial charge on any atom is -0.399 e. The van der Waals surface area contributed by atoms with E-state index in [1.807, 2.05) is 24.3 Å². The van der Waals surface area contributed by atoms with Crippen molar-refractivity contribution in [3.05, 3.63) is 60.3 Å². The fourth-order valence-electron chi connectivity index (χ4n) is 1.86. The van der Waals surface area contributed by atoms with Crippen LogP contribution in [0.3, 0.4) is 0 Å². The lowest BCUT2D eigenvalue weighted by Crippen LogP contribution is -1.99. The summed E-state index contributed by atoms with van der Waals surface area (Å²) in [6, 6.07) is 14.5. The number of anilines is 2. The number of nitrogens with two attached hydrogens (primary N) is 2. The lowest BCUT2D eigenvalue weighted by molar-refractivity contribution is 0.422. The van der Waals surface area contributed by atoms with Gasteiger partial charge in [0.05, 0.1) is 12.7 Å². The topological polar surface area (TPSA) is 82.8 Å². The van der Waals surface area contributed by atoms with Crippen molar-refractivity contribution in [2.45, 2.75) is 6.54 Å². The SMILES string of the molecule is C#Cc1ccc(N)cc1.Nc1ccc(-c2cn(CCF)nn2)cc1. The summed E-state index contributed by atoms with van der Waals surface area (Å²) >= 11 is 0. The van der Waals surface area contributed by atoms with Gasteiger partial charge >= 0.3 is 0 Å². The molecule has 0 amide bonds. The quantitative estimate of drug-likeness (QED) is 0.573. The number of nitrogens with zero attached hydrogens (tertiary/aromatic N) is 3. The third-order valence-electron chi connectivity index (χ3n) is 3.14. The maximum atomic E-state index is 12.0. The highest BCUT2D eigenvalue weighted by atomic mass is 19.1. The Balaban J connectivity index is 0.000000198. The Bertz CT molecular complexity index is 801. The number of benzene rings is 2. The lowest BCUT2D eigenvalue weighted by atomic mass is 10.1. The van der Waals surface area contributed by atoms with Gasteiger partial charge < -0.3 is 11.5 Å². The first-order valence-corrected chi connectivity index (χ1v) is 7.26. The molecule has 6 heteroatoms. The van der Waals surface area contributed by atoms with Crippen LogP contribution < -0.4 is 11.5 Å². The van der Waals surface area contributed by atoms with Crippen LogP contribution in [0, 0.1) is 12.3 Å². The van der Waals surface area contributed by atoms with Crippen molar-refractivity contribution >= 4 is 11.4 Å². The van der Waals surface area contributed by atoms with Gasteiger partial charge in [-0.3, -0.25) is 0 Å². The molecular weight excluding hydrogens is 305 g/mol. The summed E-state index contributed by atoms with van der Waals surface area (Å²) < 4.78 is 13.5. The largest absolute Gasteiger partial charge is 0.399 e. The van der Waals surface area contributed by atoms with E-state index in [1.165, 1.54) is 4.68 Å². The average molecular weight is 323 g/mol. The molecule has 122 valence electrons. The zero-order valence-corrected chi connectivity index (χ0v) is 13.1. The summed E-state index contributed by atoms with van der Waals surface area (Å²) in [7, 11) is 0. The molecule has 0 bridgehead atoms. The molecule has 3 rings (SSSR count). The third kappa shape index (κ3) is 4.85. The maximum Gasteiger partial charge on any atom is 0.113 e. The summed E-state index contributed by atoms with van der Waals surface area (Å²) in [6.45, 7) is -0.202. The second kappa shape index (κ2) is 8.34. The van der Waals surface area contributed by atoms with Crippen LogP contribution >= 0.6 is 0 Å². The first kappa shape index (κ1) is 17.0. The molecule has 3 aromatic rings. The first-order valence-electron chi connectivity index (χ1n) is 7.26. The minimum absolute atomic E-state index is 0.238. The van der Waals surface area contributed by atoms with Gasteiger partial charge in [-0.05, 0) is 36.4 Å². The van der Waals surface area contributed by atoms with Crippen LogP contribution in [0.5, 0.6) is 0 Å². The highest BCUT2D eigenvalue weighted by molar-refractivity contribution is 5.60. The number of halogens is 1. The van der Waals surface area contributed by atoms with Crippen molar-refractivity contribution in [1.82, 2.24) is 15.0 Å². The van der Waals surface area contributed by atoms with Crippen LogP contribution in [0.4, 0.5) is 15.8 Å². The molecule has 0 radical (unpaired) electrons. The van der Waals surface area contributed by atoms with Crippen LogP contribution in [0.1, 0.15) is 5.56 Å². The molecule has 0 spiro atoms. The Labute approximate surface area is 140 Å². The number of alkyl halides is 1. The van der Waals surface area contributed by atoms with Gasteiger partial charge in [0.25, 0.3) is 0 Å². The van der Waals surface area contributed by atoms with Crippen molar-refractivity contribution in [2.24, 2.45) is 0 Å². The summed E-state index contributed by atoms with van der Waals surface area (Å²) in [6.07, 6.45) is 6.82. The van der Waals surface area contributed by atoms with Crippen molar-refractivity contribution in [3.8, 4) is 23.6 Å². The van der Waals surface area contributed by atoms with Gasteiger partial charge in [0, 0.05) is 22.5 Å².